The minimum atomic E-state index is -0.669. The van der Waals surface area contributed by atoms with Crippen molar-refractivity contribution in [2.24, 2.45) is 5.16 Å². The zero-order valence-electron chi connectivity index (χ0n) is 17.1. The highest BCUT2D eigenvalue weighted by molar-refractivity contribution is 7.10. The molecule has 1 amide bonds. The summed E-state index contributed by atoms with van der Waals surface area (Å²) < 4.78 is 27.5. The number of benzene rings is 2. The third-order valence-electron chi connectivity index (χ3n) is 5.18. The molecule has 0 N–H and O–H groups in total. The number of halogens is 2. The van der Waals surface area contributed by atoms with E-state index >= 15 is 0 Å². The maximum atomic E-state index is 14.3. The number of hydrogen-bond acceptors (Lipinski definition) is 4. The Labute approximate surface area is 183 Å². The SMILES string of the molecule is Cc1ccc(C2=NOC(CN(Cc3ccc(F)cc3F)C(=O)Cc3cccs3)C2)cc1. The van der Waals surface area contributed by atoms with Crippen LogP contribution in [0.4, 0.5) is 8.78 Å². The quantitative estimate of drug-likeness (QED) is 0.513. The molecule has 0 aliphatic carbocycles. The summed E-state index contributed by atoms with van der Waals surface area (Å²) in [6, 6.07) is 15.2. The van der Waals surface area contributed by atoms with E-state index in [1.807, 2.05) is 48.7 Å². The highest BCUT2D eigenvalue weighted by Crippen LogP contribution is 2.21. The van der Waals surface area contributed by atoms with Gasteiger partial charge >= 0.3 is 0 Å². The van der Waals surface area contributed by atoms with Crippen LogP contribution in [0.1, 0.15) is 28.0 Å². The summed E-state index contributed by atoms with van der Waals surface area (Å²) in [5, 5.41) is 6.11. The maximum Gasteiger partial charge on any atom is 0.228 e. The Morgan fingerprint density at radius 2 is 2.00 bits per heavy atom. The van der Waals surface area contributed by atoms with Crippen LogP contribution in [0.25, 0.3) is 0 Å². The Hall–Kier alpha value is -3.06. The smallest absolute Gasteiger partial charge is 0.228 e. The van der Waals surface area contributed by atoms with Crippen LogP contribution in [0.5, 0.6) is 0 Å². The normalized spacial score (nSPS) is 15.5. The van der Waals surface area contributed by atoms with Crippen molar-refractivity contribution >= 4 is 23.0 Å². The summed E-state index contributed by atoms with van der Waals surface area (Å²) in [6.07, 6.45) is 0.448. The lowest BCUT2D eigenvalue weighted by Crippen LogP contribution is -2.38. The van der Waals surface area contributed by atoms with Crippen molar-refractivity contribution in [1.29, 1.82) is 0 Å². The van der Waals surface area contributed by atoms with E-state index < -0.39 is 11.6 Å². The molecule has 31 heavy (non-hydrogen) atoms. The van der Waals surface area contributed by atoms with Crippen LogP contribution in [0.2, 0.25) is 0 Å². The van der Waals surface area contributed by atoms with Gasteiger partial charge in [0.05, 0.1) is 18.7 Å². The van der Waals surface area contributed by atoms with Gasteiger partial charge in [0.2, 0.25) is 5.91 Å². The number of nitrogens with zero attached hydrogens (tertiary/aromatic N) is 2. The molecule has 2 heterocycles. The maximum absolute atomic E-state index is 14.3. The van der Waals surface area contributed by atoms with Crippen LogP contribution in [0.15, 0.2) is 65.1 Å². The average molecular weight is 441 g/mol. The molecular weight excluding hydrogens is 418 g/mol. The molecule has 1 unspecified atom stereocenters. The number of rotatable bonds is 7. The molecule has 0 radical (unpaired) electrons. The first-order valence-corrected chi connectivity index (χ1v) is 10.9. The fourth-order valence-corrected chi connectivity index (χ4v) is 4.17. The van der Waals surface area contributed by atoms with Crippen molar-refractivity contribution in [3.8, 4) is 0 Å². The van der Waals surface area contributed by atoms with Gasteiger partial charge in [-0.1, -0.05) is 47.1 Å². The Bertz CT molecular complexity index is 1080. The van der Waals surface area contributed by atoms with Gasteiger partial charge in [-0.25, -0.2) is 8.78 Å². The van der Waals surface area contributed by atoms with Crippen molar-refractivity contribution in [3.63, 3.8) is 0 Å². The molecule has 4 nitrogen and oxygen atoms in total. The molecule has 1 aliphatic heterocycles. The third kappa shape index (κ3) is 5.35. The largest absolute Gasteiger partial charge is 0.390 e. The second-order valence-corrected chi connectivity index (χ2v) is 8.63. The molecule has 0 bridgehead atoms. The second kappa shape index (κ2) is 9.39. The number of thiophene rings is 1. The first kappa shape index (κ1) is 21.2. The summed E-state index contributed by atoms with van der Waals surface area (Å²) in [6.45, 7) is 2.32. The molecule has 0 saturated heterocycles. The van der Waals surface area contributed by atoms with Crippen LogP contribution in [0, 0.1) is 18.6 Å². The van der Waals surface area contributed by atoms with Crippen molar-refractivity contribution < 1.29 is 18.4 Å². The number of carbonyl (C=O) groups excluding carboxylic acids is 1. The zero-order chi connectivity index (χ0) is 21.8. The van der Waals surface area contributed by atoms with Gasteiger partial charge in [-0.2, -0.15) is 0 Å². The van der Waals surface area contributed by atoms with E-state index in [2.05, 4.69) is 5.16 Å². The van der Waals surface area contributed by atoms with E-state index in [1.54, 1.807) is 4.90 Å². The van der Waals surface area contributed by atoms with Gasteiger partial charge < -0.3 is 9.74 Å². The summed E-state index contributed by atoms with van der Waals surface area (Å²) in [5.41, 5.74) is 3.22. The number of hydrogen-bond donors (Lipinski definition) is 0. The van der Waals surface area contributed by atoms with Gasteiger partial charge in [-0.15, -0.1) is 11.3 Å². The van der Waals surface area contributed by atoms with E-state index in [4.69, 9.17) is 4.84 Å². The van der Waals surface area contributed by atoms with Gasteiger partial charge in [0, 0.05) is 29.5 Å². The van der Waals surface area contributed by atoms with Crippen LogP contribution in [-0.4, -0.2) is 29.2 Å². The van der Waals surface area contributed by atoms with Gasteiger partial charge in [-0.05, 0) is 30.0 Å². The summed E-state index contributed by atoms with van der Waals surface area (Å²) in [4.78, 5) is 21.1. The number of aryl methyl sites for hydroxylation is 1. The van der Waals surface area contributed by atoms with Gasteiger partial charge in [0.15, 0.2) is 6.10 Å². The average Bonchev–Trinajstić information content (AvgIpc) is 3.42. The fourth-order valence-electron chi connectivity index (χ4n) is 3.47. The molecule has 0 fully saturated rings. The Balaban J connectivity index is 1.47. The van der Waals surface area contributed by atoms with E-state index in [9.17, 15) is 13.6 Å². The number of amides is 1. The van der Waals surface area contributed by atoms with Crippen molar-refractivity contribution in [3.05, 3.63) is 93.2 Å². The predicted molar refractivity (Wildman–Crippen MR) is 117 cm³/mol. The first-order valence-electron chi connectivity index (χ1n) is 10.0. The molecular formula is C24H22F2N2O2S. The highest BCUT2D eigenvalue weighted by Gasteiger charge is 2.27. The molecule has 3 aromatic rings. The lowest BCUT2D eigenvalue weighted by molar-refractivity contribution is -0.132. The van der Waals surface area contributed by atoms with Crippen molar-refractivity contribution in [1.82, 2.24) is 4.90 Å². The van der Waals surface area contributed by atoms with Crippen molar-refractivity contribution in [2.45, 2.75) is 32.4 Å². The van der Waals surface area contributed by atoms with Gasteiger partial charge in [0.1, 0.15) is 11.6 Å². The van der Waals surface area contributed by atoms with E-state index in [-0.39, 0.29) is 37.1 Å². The lowest BCUT2D eigenvalue weighted by Gasteiger charge is -2.25. The lowest BCUT2D eigenvalue weighted by atomic mass is 10.0. The molecule has 4 rings (SSSR count). The highest BCUT2D eigenvalue weighted by atomic mass is 32.1. The van der Waals surface area contributed by atoms with Crippen LogP contribution in [-0.2, 0) is 22.6 Å². The Morgan fingerprint density at radius 3 is 2.71 bits per heavy atom. The van der Waals surface area contributed by atoms with Crippen LogP contribution >= 0.6 is 11.3 Å². The molecule has 1 atom stereocenters. The van der Waals surface area contributed by atoms with Crippen molar-refractivity contribution in [2.75, 3.05) is 6.54 Å². The molecule has 7 heteroatoms. The number of carbonyl (C=O) groups is 1. The third-order valence-corrected chi connectivity index (χ3v) is 6.05. The molecule has 0 saturated carbocycles. The minimum absolute atomic E-state index is 0.0377. The molecule has 2 aromatic carbocycles. The van der Waals surface area contributed by atoms with Crippen LogP contribution < -0.4 is 0 Å². The molecule has 160 valence electrons. The van der Waals surface area contributed by atoms with Crippen LogP contribution in [0.3, 0.4) is 0 Å². The Kier molecular flexibility index (Phi) is 6.42. The van der Waals surface area contributed by atoms with Gasteiger partial charge in [0.25, 0.3) is 0 Å². The minimum Gasteiger partial charge on any atom is -0.390 e. The topological polar surface area (TPSA) is 41.9 Å². The zero-order valence-corrected chi connectivity index (χ0v) is 17.9. The first-order chi connectivity index (χ1) is 15.0. The molecule has 1 aromatic heterocycles. The number of oxime groups is 1. The predicted octanol–water partition coefficient (Wildman–Crippen LogP) is 5.10. The van der Waals surface area contributed by atoms with E-state index in [0.29, 0.717) is 6.42 Å². The summed E-state index contributed by atoms with van der Waals surface area (Å²) in [7, 11) is 0. The molecule has 0 spiro atoms. The summed E-state index contributed by atoms with van der Waals surface area (Å²) in [5.74, 6) is -1.45. The standard InChI is InChI=1S/C24H22F2N2O2S/c1-16-4-6-17(7-5-16)23-12-20(30-27-23)15-28(24(29)13-21-3-2-10-31-21)14-18-8-9-19(25)11-22(18)26/h2-11,20H,12-15H2,1H3. The monoisotopic (exact) mass is 440 g/mol. The second-order valence-electron chi connectivity index (χ2n) is 7.60. The van der Waals surface area contributed by atoms with E-state index in [1.165, 1.54) is 23.5 Å². The molecule has 1 aliphatic rings. The Morgan fingerprint density at radius 1 is 1.19 bits per heavy atom. The van der Waals surface area contributed by atoms with E-state index in [0.717, 1.165) is 27.8 Å². The van der Waals surface area contributed by atoms with Gasteiger partial charge in [-0.3, -0.25) is 4.79 Å². The summed E-state index contributed by atoms with van der Waals surface area (Å²) >= 11 is 1.50. The fraction of sp³-hybridized carbons (Fsp3) is 0.250.